The lowest BCUT2D eigenvalue weighted by Gasteiger charge is -2.32. The van der Waals surface area contributed by atoms with Crippen LogP contribution in [0.4, 0.5) is 0 Å². The van der Waals surface area contributed by atoms with Gasteiger partial charge in [-0.3, -0.25) is 4.79 Å². The van der Waals surface area contributed by atoms with Gasteiger partial charge in [-0.1, -0.05) is 11.6 Å². The van der Waals surface area contributed by atoms with E-state index in [1.165, 1.54) is 6.08 Å². The summed E-state index contributed by atoms with van der Waals surface area (Å²) in [4.78, 5) is 14.5. The fourth-order valence-corrected chi connectivity index (χ4v) is 3.75. The lowest BCUT2D eigenvalue weighted by atomic mass is 10.1. The number of carbonyl (C=O) groups excluding carboxylic acids is 1. The number of carbonyl (C=O) groups is 1. The molecule has 6 nitrogen and oxygen atoms in total. The minimum absolute atomic E-state index is 0.175. The van der Waals surface area contributed by atoms with E-state index in [2.05, 4.69) is 16.3 Å². The second-order valence-electron chi connectivity index (χ2n) is 7.76. The SMILES string of the molecule is COc1ccc(C#N)cc1/C=C/C(=O)NCCN1CCC(Oc2ccc(Cl)c(C)c2)CC1. The molecule has 1 N–H and O–H groups in total. The minimum Gasteiger partial charge on any atom is -0.496 e. The van der Waals surface area contributed by atoms with Crippen molar-refractivity contribution in [2.75, 3.05) is 33.3 Å². The van der Waals surface area contributed by atoms with Crippen LogP contribution in [0.1, 0.15) is 29.5 Å². The van der Waals surface area contributed by atoms with Crippen LogP contribution in [0.3, 0.4) is 0 Å². The van der Waals surface area contributed by atoms with Gasteiger partial charge in [0.2, 0.25) is 5.91 Å². The van der Waals surface area contributed by atoms with Crippen molar-refractivity contribution in [3.8, 4) is 17.6 Å². The van der Waals surface area contributed by atoms with E-state index < -0.39 is 0 Å². The van der Waals surface area contributed by atoms with E-state index in [9.17, 15) is 4.79 Å². The summed E-state index contributed by atoms with van der Waals surface area (Å²) in [6, 6.07) is 12.9. The number of amides is 1. The van der Waals surface area contributed by atoms with Gasteiger partial charge in [0.15, 0.2) is 0 Å². The number of benzene rings is 2. The number of nitrogens with zero attached hydrogens (tertiary/aromatic N) is 2. The van der Waals surface area contributed by atoms with Crippen LogP contribution in [0, 0.1) is 18.3 Å². The number of halogens is 1. The Morgan fingerprint density at radius 3 is 2.75 bits per heavy atom. The van der Waals surface area contributed by atoms with Crippen molar-refractivity contribution in [3.05, 3.63) is 64.2 Å². The van der Waals surface area contributed by atoms with E-state index in [0.29, 0.717) is 23.4 Å². The summed E-state index contributed by atoms with van der Waals surface area (Å²) in [6.07, 6.45) is 5.22. The normalized spacial score (nSPS) is 14.8. The molecule has 168 valence electrons. The minimum atomic E-state index is -0.175. The number of piperidine rings is 1. The highest BCUT2D eigenvalue weighted by atomic mass is 35.5. The monoisotopic (exact) mass is 453 g/mol. The van der Waals surface area contributed by atoms with Crippen molar-refractivity contribution in [1.82, 2.24) is 10.2 Å². The Morgan fingerprint density at radius 2 is 2.06 bits per heavy atom. The van der Waals surface area contributed by atoms with Gasteiger partial charge in [0, 0.05) is 42.8 Å². The van der Waals surface area contributed by atoms with E-state index in [-0.39, 0.29) is 12.0 Å². The van der Waals surface area contributed by atoms with E-state index in [1.807, 2.05) is 25.1 Å². The lowest BCUT2D eigenvalue weighted by Crippen LogP contribution is -2.42. The number of aryl methyl sites for hydroxylation is 1. The third-order valence-corrected chi connectivity index (χ3v) is 5.89. The van der Waals surface area contributed by atoms with Crippen LogP contribution < -0.4 is 14.8 Å². The zero-order valence-electron chi connectivity index (χ0n) is 18.4. The fourth-order valence-electron chi connectivity index (χ4n) is 3.63. The molecule has 3 rings (SSSR count). The summed E-state index contributed by atoms with van der Waals surface area (Å²) >= 11 is 6.08. The number of rotatable bonds is 8. The summed E-state index contributed by atoms with van der Waals surface area (Å²) in [6.45, 7) is 5.20. The highest BCUT2D eigenvalue weighted by molar-refractivity contribution is 6.31. The molecule has 0 spiro atoms. The predicted octanol–water partition coefficient (Wildman–Crippen LogP) is 4.20. The van der Waals surface area contributed by atoms with Crippen molar-refractivity contribution in [2.24, 2.45) is 0 Å². The Balaban J connectivity index is 1.39. The maximum atomic E-state index is 12.2. The first-order valence-corrected chi connectivity index (χ1v) is 11.1. The molecular weight excluding hydrogens is 426 g/mol. The molecule has 0 unspecified atom stereocenters. The molecule has 1 aliphatic rings. The van der Waals surface area contributed by atoms with E-state index in [4.69, 9.17) is 26.3 Å². The van der Waals surface area contributed by atoms with Crippen LogP contribution in [0.5, 0.6) is 11.5 Å². The van der Waals surface area contributed by atoms with Gasteiger partial charge in [0.05, 0.1) is 18.7 Å². The average Bonchev–Trinajstić information content (AvgIpc) is 2.81. The Morgan fingerprint density at radius 1 is 1.28 bits per heavy atom. The molecule has 1 saturated heterocycles. The molecule has 0 radical (unpaired) electrons. The molecule has 1 fully saturated rings. The van der Waals surface area contributed by atoms with Crippen LogP contribution in [-0.2, 0) is 4.79 Å². The number of hydrogen-bond acceptors (Lipinski definition) is 5. The number of likely N-dealkylation sites (tertiary alicyclic amines) is 1. The smallest absolute Gasteiger partial charge is 0.244 e. The Bertz CT molecular complexity index is 1010. The molecule has 0 saturated carbocycles. The van der Waals surface area contributed by atoms with Crippen LogP contribution in [-0.4, -0.2) is 50.2 Å². The number of nitriles is 1. The van der Waals surface area contributed by atoms with Gasteiger partial charge in [-0.25, -0.2) is 0 Å². The molecule has 1 aliphatic heterocycles. The first-order chi connectivity index (χ1) is 15.5. The molecule has 32 heavy (non-hydrogen) atoms. The molecule has 1 amide bonds. The maximum absolute atomic E-state index is 12.2. The van der Waals surface area contributed by atoms with Gasteiger partial charge >= 0.3 is 0 Å². The average molecular weight is 454 g/mol. The Hall–Kier alpha value is -3.01. The molecule has 0 bridgehead atoms. The third kappa shape index (κ3) is 6.74. The van der Waals surface area contributed by atoms with E-state index >= 15 is 0 Å². The summed E-state index contributed by atoms with van der Waals surface area (Å²) in [5, 5.41) is 12.7. The van der Waals surface area contributed by atoms with Gasteiger partial charge in [-0.15, -0.1) is 0 Å². The molecule has 2 aromatic rings. The largest absolute Gasteiger partial charge is 0.496 e. The van der Waals surface area contributed by atoms with Crippen LogP contribution in [0.25, 0.3) is 6.08 Å². The zero-order valence-corrected chi connectivity index (χ0v) is 19.2. The molecule has 0 aromatic heterocycles. The second kappa shape index (κ2) is 11.6. The topological polar surface area (TPSA) is 74.6 Å². The molecule has 0 aliphatic carbocycles. The molecule has 1 heterocycles. The molecular formula is C25H28ClN3O3. The van der Waals surface area contributed by atoms with E-state index in [1.54, 1.807) is 31.4 Å². The first-order valence-electron chi connectivity index (χ1n) is 10.7. The fraction of sp³-hybridized carbons (Fsp3) is 0.360. The van der Waals surface area contributed by atoms with Crippen molar-refractivity contribution in [3.63, 3.8) is 0 Å². The van der Waals surface area contributed by atoms with Crippen LogP contribution >= 0.6 is 11.6 Å². The van der Waals surface area contributed by atoms with Crippen LogP contribution in [0.2, 0.25) is 5.02 Å². The van der Waals surface area contributed by atoms with Crippen LogP contribution in [0.15, 0.2) is 42.5 Å². The molecule has 7 heteroatoms. The number of hydrogen-bond donors (Lipinski definition) is 1. The standard InChI is InChI=1S/C25H28ClN3O3/c1-18-15-22(5-6-23(18)26)32-21-9-12-29(13-10-21)14-11-28-25(30)8-4-20-16-19(17-27)3-7-24(20)31-2/h3-8,15-16,21H,9-14H2,1-2H3,(H,28,30)/b8-4+. The van der Waals surface area contributed by atoms with Crippen molar-refractivity contribution < 1.29 is 14.3 Å². The third-order valence-electron chi connectivity index (χ3n) is 5.47. The summed E-state index contributed by atoms with van der Waals surface area (Å²) in [7, 11) is 1.56. The number of methoxy groups -OCH3 is 1. The highest BCUT2D eigenvalue weighted by Gasteiger charge is 2.20. The van der Waals surface area contributed by atoms with Gasteiger partial charge < -0.3 is 19.7 Å². The van der Waals surface area contributed by atoms with Crippen molar-refractivity contribution >= 4 is 23.6 Å². The van der Waals surface area contributed by atoms with Gasteiger partial charge in [-0.05, 0) is 67.8 Å². The Labute approximate surface area is 194 Å². The van der Waals surface area contributed by atoms with Gasteiger partial charge in [0.1, 0.15) is 17.6 Å². The lowest BCUT2D eigenvalue weighted by molar-refractivity contribution is -0.116. The number of ether oxygens (including phenoxy) is 2. The zero-order chi connectivity index (χ0) is 22.9. The van der Waals surface area contributed by atoms with Crippen molar-refractivity contribution in [2.45, 2.75) is 25.9 Å². The summed E-state index contributed by atoms with van der Waals surface area (Å²) in [5.41, 5.74) is 2.23. The second-order valence-corrected chi connectivity index (χ2v) is 8.17. The molecule has 0 atom stereocenters. The Kier molecular flexibility index (Phi) is 8.55. The quantitative estimate of drug-likeness (QED) is 0.606. The summed E-state index contributed by atoms with van der Waals surface area (Å²) < 4.78 is 11.4. The highest BCUT2D eigenvalue weighted by Crippen LogP contribution is 2.24. The summed E-state index contributed by atoms with van der Waals surface area (Å²) in [5.74, 6) is 1.30. The van der Waals surface area contributed by atoms with Crippen molar-refractivity contribution in [1.29, 1.82) is 5.26 Å². The first kappa shape index (κ1) is 23.6. The van der Waals surface area contributed by atoms with E-state index in [0.717, 1.165) is 48.8 Å². The van der Waals surface area contributed by atoms with Gasteiger partial charge in [-0.2, -0.15) is 5.26 Å². The predicted molar refractivity (Wildman–Crippen MR) is 126 cm³/mol. The molecule has 2 aromatic carbocycles. The number of nitrogens with one attached hydrogen (secondary N) is 1. The van der Waals surface area contributed by atoms with Gasteiger partial charge in [0.25, 0.3) is 0 Å². The maximum Gasteiger partial charge on any atom is 0.244 e.